The van der Waals surface area contributed by atoms with E-state index in [0.717, 1.165) is 6.42 Å². The summed E-state index contributed by atoms with van der Waals surface area (Å²) < 4.78 is 19.6. The maximum absolute atomic E-state index is 14.0. The molecule has 0 spiro atoms. The number of hydrogen-bond donors (Lipinski definition) is 1. The molecule has 2 aromatic rings. The van der Waals surface area contributed by atoms with Gasteiger partial charge in [-0.1, -0.05) is 24.6 Å². The van der Waals surface area contributed by atoms with Crippen LogP contribution in [0, 0.1) is 5.82 Å². The van der Waals surface area contributed by atoms with Crippen molar-refractivity contribution in [3.05, 3.63) is 53.1 Å². The Morgan fingerprint density at radius 2 is 2.20 bits per heavy atom. The van der Waals surface area contributed by atoms with Gasteiger partial charge in [-0.05, 0) is 25.0 Å². The number of aromatic nitrogens is 1. The first-order chi connectivity index (χ1) is 9.60. The first-order valence-corrected chi connectivity index (χ1v) is 6.79. The van der Waals surface area contributed by atoms with E-state index in [1.807, 2.05) is 6.92 Å². The lowest BCUT2D eigenvalue weighted by Gasteiger charge is -2.14. The highest BCUT2D eigenvalue weighted by Crippen LogP contribution is 2.29. The van der Waals surface area contributed by atoms with Crippen LogP contribution < -0.4 is 10.5 Å². The summed E-state index contributed by atoms with van der Waals surface area (Å²) in [7, 11) is 0. The van der Waals surface area contributed by atoms with E-state index in [9.17, 15) is 4.39 Å². The molecule has 20 heavy (non-hydrogen) atoms. The summed E-state index contributed by atoms with van der Waals surface area (Å²) in [5.41, 5.74) is 6.38. The van der Waals surface area contributed by atoms with Crippen molar-refractivity contribution in [1.29, 1.82) is 0 Å². The zero-order chi connectivity index (χ0) is 14.5. The molecule has 0 aliphatic carbocycles. The third-order valence-electron chi connectivity index (χ3n) is 2.97. The van der Waals surface area contributed by atoms with Crippen LogP contribution in [0.2, 0.25) is 5.02 Å². The van der Waals surface area contributed by atoms with Crippen LogP contribution in [-0.4, -0.2) is 11.0 Å². The molecule has 0 radical (unpaired) electrons. The Morgan fingerprint density at radius 1 is 1.40 bits per heavy atom. The van der Waals surface area contributed by atoms with Gasteiger partial charge in [0.1, 0.15) is 17.3 Å². The van der Waals surface area contributed by atoms with E-state index in [-0.39, 0.29) is 11.9 Å². The second-order valence-electron chi connectivity index (χ2n) is 4.53. The lowest BCUT2D eigenvalue weighted by atomic mass is 10.0. The highest BCUT2D eigenvalue weighted by Gasteiger charge is 2.13. The molecule has 2 N–H and O–H groups in total. The summed E-state index contributed by atoms with van der Waals surface area (Å²) in [4.78, 5) is 3.93. The monoisotopic (exact) mass is 294 g/mol. The minimum atomic E-state index is -0.318. The molecular weight excluding hydrogens is 279 g/mol. The Labute approximate surface area is 122 Å². The Morgan fingerprint density at radius 3 is 2.90 bits per heavy atom. The van der Waals surface area contributed by atoms with Crippen LogP contribution >= 0.6 is 11.6 Å². The largest absolute Gasteiger partial charge is 0.455 e. The molecule has 3 nitrogen and oxygen atoms in total. The zero-order valence-corrected chi connectivity index (χ0v) is 11.9. The zero-order valence-electron chi connectivity index (χ0n) is 11.1. The van der Waals surface area contributed by atoms with Gasteiger partial charge in [-0.3, -0.25) is 4.98 Å². The first-order valence-electron chi connectivity index (χ1n) is 6.41. The van der Waals surface area contributed by atoms with Crippen molar-refractivity contribution in [2.45, 2.75) is 25.8 Å². The van der Waals surface area contributed by atoms with E-state index in [1.54, 1.807) is 18.2 Å². The van der Waals surface area contributed by atoms with Gasteiger partial charge < -0.3 is 10.5 Å². The van der Waals surface area contributed by atoms with E-state index < -0.39 is 0 Å². The van der Waals surface area contributed by atoms with Crippen molar-refractivity contribution in [3.63, 3.8) is 0 Å². The van der Waals surface area contributed by atoms with E-state index >= 15 is 0 Å². The van der Waals surface area contributed by atoms with Crippen LogP contribution in [0.3, 0.4) is 0 Å². The average Bonchev–Trinajstić information content (AvgIpc) is 2.42. The van der Waals surface area contributed by atoms with Gasteiger partial charge in [0.05, 0.1) is 11.2 Å². The van der Waals surface area contributed by atoms with Gasteiger partial charge in [0.2, 0.25) is 0 Å². The van der Waals surface area contributed by atoms with E-state index in [2.05, 4.69) is 4.98 Å². The molecule has 1 aromatic carbocycles. The summed E-state index contributed by atoms with van der Waals surface area (Å²) in [6, 6.07) is 6.24. The minimum absolute atomic E-state index is 0.105. The van der Waals surface area contributed by atoms with Crippen molar-refractivity contribution in [2.24, 2.45) is 5.73 Å². The Hall–Kier alpha value is -1.65. The van der Waals surface area contributed by atoms with E-state index in [4.69, 9.17) is 22.1 Å². The Kier molecular flexibility index (Phi) is 4.93. The highest BCUT2D eigenvalue weighted by molar-refractivity contribution is 6.30. The summed E-state index contributed by atoms with van der Waals surface area (Å²) >= 11 is 5.85. The second-order valence-corrected chi connectivity index (χ2v) is 4.97. The van der Waals surface area contributed by atoms with Crippen molar-refractivity contribution < 1.29 is 9.13 Å². The predicted octanol–water partition coefficient (Wildman–Crippen LogP) is 3.95. The minimum Gasteiger partial charge on any atom is -0.455 e. The maximum atomic E-state index is 14.0. The molecule has 1 aromatic heterocycles. The van der Waals surface area contributed by atoms with Crippen molar-refractivity contribution in [3.8, 4) is 11.5 Å². The van der Waals surface area contributed by atoms with Crippen LogP contribution in [0.1, 0.15) is 18.9 Å². The van der Waals surface area contributed by atoms with Crippen LogP contribution in [-0.2, 0) is 6.42 Å². The molecule has 0 amide bonds. The number of rotatable bonds is 5. The lowest BCUT2D eigenvalue weighted by Crippen LogP contribution is -2.22. The van der Waals surface area contributed by atoms with Crippen LogP contribution in [0.25, 0.3) is 0 Å². The van der Waals surface area contributed by atoms with Crippen molar-refractivity contribution >= 4 is 11.6 Å². The van der Waals surface area contributed by atoms with Gasteiger partial charge in [-0.15, -0.1) is 0 Å². The third-order valence-corrected chi connectivity index (χ3v) is 3.18. The topological polar surface area (TPSA) is 48.1 Å². The summed E-state index contributed by atoms with van der Waals surface area (Å²) in [6.07, 6.45) is 4.23. The summed E-state index contributed by atoms with van der Waals surface area (Å²) in [5.74, 6) is 0.591. The third kappa shape index (κ3) is 3.68. The number of nitrogens with zero attached hydrogens (tertiary/aromatic N) is 1. The maximum Gasteiger partial charge on any atom is 0.147 e. The normalized spacial score (nSPS) is 12.2. The molecule has 1 unspecified atom stereocenters. The standard InChI is InChI=1S/C15H16ClFN2O/c1-2-11(18)7-13-14(17)4-3-5-15(13)20-12-6-10(16)8-19-9-12/h3-6,8-9,11H,2,7,18H2,1H3. The molecular formula is C15H16ClFN2O. The van der Waals surface area contributed by atoms with E-state index in [1.165, 1.54) is 18.5 Å². The molecule has 0 aliphatic rings. The van der Waals surface area contributed by atoms with Gasteiger partial charge in [0.15, 0.2) is 0 Å². The molecule has 1 atom stereocenters. The number of hydrogen-bond acceptors (Lipinski definition) is 3. The average molecular weight is 295 g/mol. The fourth-order valence-corrected chi connectivity index (χ4v) is 1.98. The van der Waals surface area contributed by atoms with Crippen LogP contribution in [0.5, 0.6) is 11.5 Å². The predicted molar refractivity (Wildman–Crippen MR) is 77.7 cm³/mol. The van der Waals surface area contributed by atoms with E-state index in [0.29, 0.717) is 28.5 Å². The van der Waals surface area contributed by atoms with Gasteiger partial charge in [-0.2, -0.15) is 0 Å². The fourth-order valence-electron chi connectivity index (χ4n) is 1.81. The van der Waals surface area contributed by atoms with Gasteiger partial charge in [0.25, 0.3) is 0 Å². The molecule has 0 saturated carbocycles. The van der Waals surface area contributed by atoms with Gasteiger partial charge in [0, 0.05) is 23.9 Å². The number of ether oxygens (including phenoxy) is 1. The number of nitrogens with two attached hydrogens (primary N) is 1. The first kappa shape index (κ1) is 14.8. The van der Waals surface area contributed by atoms with Crippen LogP contribution in [0.4, 0.5) is 4.39 Å². The molecule has 0 bridgehead atoms. The smallest absolute Gasteiger partial charge is 0.147 e. The molecule has 0 saturated heterocycles. The molecule has 1 heterocycles. The molecule has 0 aliphatic heterocycles. The summed E-state index contributed by atoms with van der Waals surface area (Å²) in [6.45, 7) is 1.97. The molecule has 106 valence electrons. The van der Waals surface area contributed by atoms with Gasteiger partial charge in [-0.25, -0.2) is 4.39 Å². The highest BCUT2D eigenvalue weighted by atomic mass is 35.5. The van der Waals surface area contributed by atoms with Crippen molar-refractivity contribution in [2.75, 3.05) is 0 Å². The number of pyridine rings is 1. The lowest BCUT2D eigenvalue weighted by molar-refractivity contribution is 0.459. The van der Waals surface area contributed by atoms with Crippen molar-refractivity contribution in [1.82, 2.24) is 4.98 Å². The molecule has 5 heteroatoms. The number of halogens is 2. The molecule has 2 rings (SSSR count). The number of benzene rings is 1. The van der Waals surface area contributed by atoms with Crippen LogP contribution in [0.15, 0.2) is 36.7 Å². The Balaban J connectivity index is 2.29. The Bertz CT molecular complexity index is 592. The second kappa shape index (κ2) is 6.68. The fraction of sp³-hybridized carbons (Fsp3) is 0.267. The SMILES string of the molecule is CCC(N)Cc1c(F)cccc1Oc1cncc(Cl)c1. The summed E-state index contributed by atoms with van der Waals surface area (Å²) in [5, 5.41) is 0.464. The quantitative estimate of drug-likeness (QED) is 0.908. The van der Waals surface area contributed by atoms with Gasteiger partial charge >= 0.3 is 0 Å². The molecule has 0 fully saturated rings.